The second-order valence-corrected chi connectivity index (χ2v) is 7.28. The van der Waals surface area contributed by atoms with E-state index in [0.29, 0.717) is 31.4 Å². The number of anilines is 1. The average Bonchev–Trinajstić information content (AvgIpc) is 2.79. The molecule has 1 saturated carbocycles. The van der Waals surface area contributed by atoms with E-state index in [0.717, 1.165) is 18.2 Å². The lowest BCUT2D eigenvalue weighted by molar-refractivity contribution is -0.393. The van der Waals surface area contributed by atoms with Crippen molar-refractivity contribution < 1.29 is 24.3 Å². The molecule has 0 radical (unpaired) electrons. The molecule has 1 aliphatic rings. The SMILES string of the molecule is O=C(NNc1ccc([N+](=O)[O-])cc1[N+](=O)[O-])NC1CCC(Oc2ccc([N+](=O)[O-])cc2)CC1. The molecule has 3 rings (SSSR count). The van der Waals surface area contributed by atoms with Gasteiger partial charge in [0.15, 0.2) is 0 Å². The fraction of sp³-hybridized carbons (Fsp3) is 0.316. The number of carbonyl (C=O) groups is 1. The molecule has 1 aliphatic carbocycles. The Morgan fingerprint density at radius 3 is 2.03 bits per heavy atom. The van der Waals surface area contributed by atoms with Crippen LogP contribution in [0.4, 0.5) is 27.5 Å². The molecule has 0 atom stereocenters. The van der Waals surface area contributed by atoms with E-state index in [1.54, 1.807) is 12.1 Å². The molecule has 3 N–H and O–H groups in total. The lowest BCUT2D eigenvalue weighted by Crippen LogP contribution is -2.46. The maximum atomic E-state index is 12.2. The third kappa shape index (κ3) is 6.25. The van der Waals surface area contributed by atoms with Gasteiger partial charge in [0.2, 0.25) is 0 Å². The number of nitro benzene ring substituents is 3. The van der Waals surface area contributed by atoms with Crippen molar-refractivity contribution in [3.63, 3.8) is 0 Å². The van der Waals surface area contributed by atoms with Gasteiger partial charge >= 0.3 is 11.7 Å². The molecule has 0 unspecified atom stereocenters. The minimum Gasteiger partial charge on any atom is -0.490 e. The average molecular weight is 460 g/mol. The first kappa shape index (κ1) is 23.2. The van der Waals surface area contributed by atoms with E-state index in [1.807, 2.05) is 0 Å². The maximum absolute atomic E-state index is 12.2. The number of nitro groups is 3. The monoisotopic (exact) mass is 460 g/mol. The van der Waals surface area contributed by atoms with E-state index in [2.05, 4.69) is 16.2 Å². The minimum atomic E-state index is -0.791. The summed E-state index contributed by atoms with van der Waals surface area (Å²) in [6.07, 6.45) is 2.48. The molecule has 0 aliphatic heterocycles. The third-order valence-corrected chi connectivity index (χ3v) is 5.06. The molecular weight excluding hydrogens is 440 g/mol. The summed E-state index contributed by atoms with van der Waals surface area (Å²) >= 11 is 0. The molecule has 14 nitrogen and oxygen atoms in total. The summed E-state index contributed by atoms with van der Waals surface area (Å²) in [5.74, 6) is 0.531. The predicted octanol–water partition coefficient (Wildman–Crippen LogP) is 3.43. The Morgan fingerprint density at radius 1 is 0.848 bits per heavy atom. The lowest BCUT2D eigenvalue weighted by atomic mass is 9.93. The topological polar surface area (TPSA) is 192 Å². The Balaban J connectivity index is 1.45. The smallest absolute Gasteiger partial charge is 0.333 e. The van der Waals surface area contributed by atoms with Gasteiger partial charge in [0.25, 0.3) is 11.4 Å². The van der Waals surface area contributed by atoms with Gasteiger partial charge in [-0.05, 0) is 43.9 Å². The zero-order chi connectivity index (χ0) is 24.0. The zero-order valence-electron chi connectivity index (χ0n) is 17.1. The van der Waals surface area contributed by atoms with Gasteiger partial charge in [-0.2, -0.15) is 0 Å². The number of amides is 2. The normalized spacial score (nSPS) is 17.5. The van der Waals surface area contributed by atoms with Gasteiger partial charge in [0, 0.05) is 24.2 Å². The van der Waals surface area contributed by atoms with E-state index in [9.17, 15) is 35.1 Å². The van der Waals surface area contributed by atoms with Crippen LogP contribution in [0.3, 0.4) is 0 Å². The number of nitrogens with zero attached hydrogens (tertiary/aromatic N) is 3. The molecule has 0 saturated heterocycles. The van der Waals surface area contributed by atoms with Crippen molar-refractivity contribution in [3.8, 4) is 5.75 Å². The Kier molecular flexibility index (Phi) is 7.17. The molecule has 174 valence electrons. The molecule has 14 heteroatoms. The summed E-state index contributed by atoms with van der Waals surface area (Å²) in [7, 11) is 0. The standard InChI is InChI=1S/C19H20N6O8/c26-19(22-21-17-10-5-14(24(29)30)11-18(17)25(31)32)20-12-1-6-15(7-2-12)33-16-8-3-13(4-9-16)23(27)28/h3-5,8-12,15,21H,1-2,6-7H2,(H2,20,22,26). The molecule has 2 aromatic carbocycles. The van der Waals surface area contributed by atoms with Crippen molar-refractivity contribution in [1.82, 2.24) is 10.7 Å². The fourth-order valence-corrected chi connectivity index (χ4v) is 3.40. The molecule has 0 spiro atoms. The van der Waals surface area contributed by atoms with Crippen molar-refractivity contribution in [2.75, 3.05) is 5.43 Å². The maximum Gasteiger partial charge on any atom is 0.333 e. The van der Waals surface area contributed by atoms with Crippen LogP contribution < -0.4 is 20.9 Å². The number of nitrogens with one attached hydrogen (secondary N) is 3. The van der Waals surface area contributed by atoms with Crippen molar-refractivity contribution in [1.29, 1.82) is 0 Å². The van der Waals surface area contributed by atoms with E-state index < -0.39 is 32.2 Å². The molecule has 2 aromatic rings. The highest BCUT2D eigenvalue weighted by Crippen LogP contribution is 2.28. The van der Waals surface area contributed by atoms with Crippen LogP contribution in [-0.2, 0) is 0 Å². The highest BCUT2D eigenvalue weighted by Gasteiger charge is 2.24. The van der Waals surface area contributed by atoms with Gasteiger partial charge < -0.3 is 10.1 Å². The van der Waals surface area contributed by atoms with Crippen molar-refractivity contribution >= 4 is 28.8 Å². The van der Waals surface area contributed by atoms with Gasteiger partial charge in [0.1, 0.15) is 11.4 Å². The summed E-state index contributed by atoms with van der Waals surface area (Å²) in [4.78, 5) is 42.8. The van der Waals surface area contributed by atoms with Crippen LogP contribution in [0.15, 0.2) is 42.5 Å². The van der Waals surface area contributed by atoms with Crippen LogP contribution in [0.1, 0.15) is 25.7 Å². The van der Waals surface area contributed by atoms with Gasteiger partial charge in [-0.15, -0.1) is 0 Å². The first-order chi connectivity index (χ1) is 15.7. The second kappa shape index (κ2) is 10.2. The molecule has 1 fully saturated rings. The largest absolute Gasteiger partial charge is 0.490 e. The Labute approximate surface area is 186 Å². The van der Waals surface area contributed by atoms with Crippen molar-refractivity contribution in [2.45, 2.75) is 37.8 Å². The van der Waals surface area contributed by atoms with Crippen LogP contribution >= 0.6 is 0 Å². The Morgan fingerprint density at radius 2 is 1.45 bits per heavy atom. The van der Waals surface area contributed by atoms with E-state index >= 15 is 0 Å². The van der Waals surface area contributed by atoms with Gasteiger partial charge in [-0.1, -0.05) is 0 Å². The Bertz CT molecular complexity index is 1050. The van der Waals surface area contributed by atoms with Crippen LogP contribution in [0.5, 0.6) is 5.75 Å². The number of hydrogen-bond acceptors (Lipinski definition) is 9. The lowest BCUT2D eigenvalue weighted by Gasteiger charge is -2.29. The summed E-state index contributed by atoms with van der Waals surface area (Å²) in [6, 6.07) is 8.09. The minimum absolute atomic E-state index is 0.0195. The van der Waals surface area contributed by atoms with E-state index in [4.69, 9.17) is 4.74 Å². The number of hydrogen-bond donors (Lipinski definition) is 3. The fourth-order valence-electron chi connectivity index (χ4n) is 3.40. The summed E-state index contributed by atoms with van der Waals surface area (Å²) < 4.78 is 5.84. The highest BCUT2D eigenvalue weighted by molar-refractivity contribution is 5.77. The van der Waals surface area contributed by atoms with Crippen molar-refractivity contribution in [2.24, 2.45) is 0 Å². The van der Waals surface area contributed by atoms with Crippen LogP contribution in [0.2, 0.25) is 0 Å². The number of rotatable bonds is 8. The number of hydrazine groups is 1. The van der Waals surface area contributed by atoms with Crippen LogP contribution in [0, 0.1) is 30.3 Å². The quantitative estimate of drug-likeness (QED) is 0.391. The first-order valence-corrected chi connectivity index (χ1v) is 9.89. The summed E-state index contributed by atoms with van der Waals surface area (Å²) in [5.41, 5.74) is 3.60. The molecule has 2 amide bonds. The van der Waals surface area contributed by atoms with Gasteiger partial charge in [0.05, 0.1) is 26.9 Å². The number of non-ortho nitro benzene ring substituents is 2. The van der Waals surface area contributed by atoms with E-state index in [1.165, 1.54) is 12.1 Å². The van der Waals surface area contributed by atoms with Crippen LogP contribution in [0.25, 0.3) is 0 Å². The number of urea groups is 1. The van der Waals surface area contributed by atoms with Crippen LogP contribution in [-0.4, -0.2) is 32.9 Å². The summed E-state index contributed by atoms with van der Waals surface area (Å²) in [5, 5.41) is 35.4. The number of carbonyl (C=O) groups excluding carboxylic acids is 1. The molecule has 33 heavy (non-hydrogen) atoms. The molecule has 0 bridgehead atoms. The summed E-state index contributed by atoms with van der Waals surface area (Å²) in [6.45, 7) is 0. The number of benzene rings is 2. The van der Waals surface area contributed by atoms with Gasteiger partial charge in [-0.25, -0.2) is 4.79 Å². The van der Waals surface area contributed by atoms with E-state index in [-0.39, 0.29) is 23.5 Å². The molecule has 0 aromatic heterocycles. The van der Waals surface area contributed by atoms with Gasteiger partial charge in [-0.3, -0.25) is 41.2 Å². The zero-order valence-corrected chi connectivity index (χ0v) is 17.1. The molecule has 0 heterocycles. The Hall–Kier alpha value is -4.49. The highest BCUT2D eigenvalue weighted by atomic mass is 16.6. The predicted molar refractivity (Wildman–Crippen MR) is 115 cm³/mol. The number of ether oxygens (including phenoxy) is 1. The third-order valence-electron chi connectivity index (χ3n) is 5.06. The second-order valence-electron chi connectivity index (χ2n) is 7.28. The van der Waals surface area contributed by atoms with Crippen molar-refractivity contribution in [3.05, 3.63) is 72.8 Å². The first-order valence-electron chi connectivity index (χ1n) is 9.89. The molecular formula is C19H20N6O8.